The summed E-state index contributed by atoms with van der Waals surface area (Å²) in [5.41, 5.74) is 5.57. The zero-order valence-corrected chi connectivity index (χ0v) is 15.5. The predicted molar refractivity (Wildman–Crippen MR) is 99.4 cm³/mol. The molecule has 0 saturated carbocycles. The van der Waals surface area contributed by atoms with Gasteiger partial charge in [-0.2, -0.15) is 0 Å². The third kappa shape index (κ3) is 3.62. The molecule has 1 aromatic carbocycles. The van der Waals surface area contributed by atoms with Crippen molar-refractivity contribution < 1.29 is 9.59 Å². The van der Waals surface area contributed by atoms with Crippen LogP contribution >= 0.6 is 23.1 Å². The molecule has 0 radical (unpaired) electrons. The smallest absolute Gasteiger partial charge is 0.245 e. The first kappa shape index (κ1) is 17.0. The molecule has 2 heterocycles. The zero-order chi connectivity index (χ0) is 17.3. The molecule has 0 bridgehead atoms. The fraction of sp³-hybridized carbons (Fsp3) is 0.353. The van der Waals surface area contributed by atoms with E-state index in [1.54, 1.807) is 4.90 Å². The first-order valence-corrected chi connectivity index (χ1v) is 9.66. The molecule has 0 spiro atoms. The quantitative estimate of drug-likeness (QED) is 0.908. The van der Waals surface area contributed by atoms with Gasteiger partial charge in [-0.25, -0.2) is 4.98 Å². The number of aryl methyl sites for hydroxylation is 3. The Kier molecular flexibility index (Phi) is 4.91. The van der Waals surface area contributed by atoms with Crippen molar-refractivity contribution in [1.82, 2.24) is 9.88 Å². The number of amides is 2. The van der Waals surface area contributed by atoms with Gasteiger partial charge in [0.05, 0.1) is 17.3 Å². The molecule has 1 saturated heterocycles. The minimum Gasteiger partial charge on any atom is -0.323 e. The minimum atomic E-state index is -0.205. The van der Waals surface area contributed by atoms with E-state index < -0.39 is 0 Å². The van der Waals surface area contributed by atoms with Crippen molar-refractivity contribution in [2.75, 3.05) is 23.5 Å². The first-order chi connectivity index (χ1) is 11.4. The van der Waals surface area contributed by atoms with Gasteiger partial charge in [-0.15, -0.1) is 23.1 Å². The highest BCUT2D eigenvalue weighted by Crippen LogP contribution is 2.31. The molecule has 1 aliphatic heterocycles. The molecule has 3 rings (SSSR count). The maximum atomic E-state index is 12.1. The van der Waals surface area contributed by atoms with Crippen LogP contribution in [-0.2, 0) is 9.59 Å². The lowest BCUT2D eigenvalue weighted by molar-refractivity contribution is -0.130. The van der Waals surface area contributed by atoms with Crippen molar-refractivity contribution in [2.24, 2.45) is 0 Å². The van der Waals surface area contributed by atoms with Crippen LogP contribution in [0.1, 0.15) is 16.7 Å². The van der Waals surface area contributed by atoms with Gasteiger partial charge in [-0.1, -0.05) is 17.7 Å². The number of nitrogens with one attached hydrogen (secondary N) is 1. The molecule has 2 aromatic rings. The van der Waals surface area contributed by atoms with Crippen molar-refractivity contribution in [1.29, 1.82) is 0 Å². The average molecular weight is 361 g/mol. The van der Waals surface area contributed by atoms with Crippen molar-refractivity contribution in [3.8, 4) is 11.3 Å². The highest BCUT2D eigenvalue weighted by atomic mass is 32.2. The number of nitrogens with zero attached hydrogens (tertiary/aromatic N) is 2. The lowest BCUT2D eigenvalue weighted by Gasteiger charge is -2.13. The number of carbonyl (C=O) groups is 2. The van der Waals surface area contributed by atoms with Gasteiger partial charge in [0.1, 0.15) is 6.54 Å². The van der Waals surface area contributed by atoms with Gasteiger partial charge in [0.2, 0.25) is 11.8 Å². The van der Waals surface area contributed by atoms with Crippen LogP contribution in [0.4, 0.5) is 5.13 Å². The summed E-state index contributed by atoms with van der Waals surface area (Å²) >= 11 is 2.93. The molecule has 1 fully saturated rings. The van der Waals surface area contributed by atoms with E-state index in [9.17, 15) is 9.59 Å². The number of thioether (sulfide) groups is 1. The van der Waals surface area contributed by atoms with Crippen LogP contribution in [-0.4, -0.2) is 39.9 Å². The van der Waals surface area contributed by atoms with E-state index in [4.69, 9.17) is 0 Å². The second-order valence-electron chi connectivity index (χ2n) is 5.93. The topological polar surface area (TPSA) is 62.3 Å². The van der Waals surface area contributed by atoms with Gasteiger partial charge in [-0.05, 0) is 31.9 Å². The van der Waals surface area contributed by atoms with E-state index in [0.29, 0.717) is 16.8 Å². The molecule has 1 aromatic heterocycles. The molecule has 5 nitrogen and oxygen atoms in total. The van der Waals surface area contributed by atoms with E-state index >= 15 is 0 Å². The second-order valence-corrected chi connectivity index (χ2v) is 7.74. The van der Waals surface area contributed by atoms with Crippen molar-refractivity contribution in [3.63, 3.8) is 0 Å². The molecular weight excluding hydrogens is 342 g/mol. The number of carbonyl (C=O) groups excluding carboxylic acids is 2. The summed E-state index contributed by atoms with van der Waals surface area (Å²) in [5.74, 6) is 0.850. The van der Waals surface area contributed by atoms with E-state index in [2.05, 4.69) is 43.2 Å². The molecule has 0 atom stereocenters. The SMILES string of the molecule is Cc1cc(C)c(-c2csc(NC(=O)CN3CSCC3=O)n2)c(C)c1. The van der Waals surface area contributed by atoms with Gasteiger partial charge in [0.25, 0.3) is 0 Å². The maximum Gasteiger partial charge on any atom is 0.245 e. The third-order valence-electron chi connectivity index (χ3n) is 3.84. The fourth-order valence-electron chi connectivity index (χ4n) is 2.90. The molecule has 126 valence electrons. The third-order valence-corrected chi connectivity index (χ3v) is 5.55. The van der Waals surface area contributed by atoms with Crippen molar-refractivity contribution >= 4 is 40.0 Å². The summed E-state index contributed by atoms with van der Waals surface area (Å²) in [6.07, 6.45) is 0. The van der Waals surface area contributed by atoms with Crippen LogP contribution in [0.15, 0.2) is 17.5 Å². The Morgan fingerprint density at radius 3 is 2.62 bits per heavy atom. The van der Waals surface area contributed by atoms with Crippen molar-refractivity contribution in [2.45, 2.75) is 20.8 Å². The van der Waals surface area contributed by atoms with Gasteiger partial charge in [0.15, 0.2) is 5.13 Å². The summed E-state index contributed by atoms with van der Waals surface area (Å²) in [6.45, 7) is 6.31. The van der Waals surface area contributed by atoms with Crippen LogP contribution in [0.25, 0.3) is 11.3 Å². The molecule has 2 amide bonds. The van der Waals surface area contributed by atoms with Crippen molar-refractivity contribution in [3.05, 3.63) is 34.2 Å². The standard InChI is InChI=1S/C17H19N3O2S2/c1-10-4-11(2)16(12(3)5-10)13-7-24-17(18-13)19-14(21)6-20-9-23-8-15(20)22/h4-5,7H,6,8-9H2,1-3H3,(H,18,19,21). The molecule has 7 heteroatoms. The normalized spacial score (nSPS) is 14.3. The lowest BCUT2D eigenvalue weighted by atomic mass is 9.98. The number of rotatable bonds is 4. The van der Waals surface area contributed by atoms with Crippen LogP contribution in [0.5, 0.6) is 0 Å². The number of hydrogen-bond acceptors (Lipinski definition) is 5. The summed E-state index contributed by atoms with van der Waals surface area (Å²) < 4.78 is 0. The second kappa shape index (κ2) is 6.94. The Morgan fingerprint density at radius 1 is 1.29 bits per heavy atom. The molecule has 0 unspecified atom stereocenters. The fourth-order valence-corrected chi connectivity index (χ4v) is 4.52. The van der Waals surface area contributed by atoms with Crippen LogP contribution in [0, 0.1) is 20.8 Å². The number of thiazole rings is 1. The summed E-state index contributed by atoms with van der Waals surface area (Å²) in [6, 6.07) is 4.27. The Balaban J connectivity index is 1.72. The summed E-state index contributed by atoms with van der Waals surface area (Å²) in [7, 11) is 0. The largest absolute Gasteiger partial charge is 0.323 e. The molecular formula is C17H19N3O2S2. The molecule has 1 N–H and O–H groups in total. The van der Waals surface area contributed by atoms with E-state index in [0.717, 1.165) is 11.3 Å². The minimum absolute atomic E-state index is 0.0147. The van der Waals surface area contributed by atoms with E-state index in [1.807, 2.05) is 5.38 Å². The van der Waals surface area contributed by atoms with Gasteiger partial charge in [0, 0.05) is 10.9 Å². The monoisotopic (exact) mass is 361 g/mol. The van der Waals surface area contributed by atoms with E-state index in [-0.39, 0.29) is 18.4 Å². The number of anilines is 1. The Bertz CT molecular complexity index is 778. The van der Waals surface area contributed by atoms with Gasteiger partial charge >= 0.3 is 0 Å². The summed E-state index contributed by atoms with van der Waals surface area (Å²) in [4.78, 5) is 29.8. The maximum absolute atomic E-state index is 12.1. The number of aromatic nitrogens is 1. The Labute approximate surface area is 149 Å². The highest BCUT2D eigenvalue weighted by Gasteiger charge is 2.23. The summed E-state index contributed by atoms with van der Waals surface area (Å²) in [5, 5.41) is 5.31. The first-order valence-electron chi connectivity index (χ1n) is 7.63. The van der Waals surface area contributed by atoms with E-state index in [1.165, 1.54) is 39.8 Å². The Morgan fingerprint density at radius 2 is 2.00 bits per heavy atom. The lowest BCUT2D eigenvalue weighted by Crippen LogP contribution is -2.34. The Hall–Kier alpha value is -1.86. The average Bonchev–Trinajstić information content (AvgIpc) is 3.08. The van der Waals surface area contributed by atoms with Crippen LogP contribution in [0.2, 0.25) is 0 Å². The zero-order valence-electron chi connectivity index (χ0n) is 13.9. The predicted octanol–water partition coefficient (Wildman–Crippen LogP) is 3.21. The molecule has 1 aliphatic rings. The molecule has 24 heavy (non-hydrogen) atoms. The van der Waals surface area contributed by atoms with Crippen LogP contribution in [0.3, 0.4) is 0 Å². The molecule has 0 aliphatic carbocycles. The number of benzene rings is 1. The van der Waals surface area contributed by atoms with Gasteiger partial charge in [-0.3, -0.25) is 9.59 Å². The van der Waals surface area contributed by atoms with Gasteiger partial charge < -0.3 is 10.2 Å². The highest BCUT2D eigenvalue weighted by molar-refractivity contribution is 8.00. The number of hydrogen-bond donors (Lipinski definition) is 1. The van der Waals surface area contributed by atoms with Crippen LogP contribution < -0.4 is 5.32 Å².